The van der Waals surface area contributed by atoms with Crippen LogP contribution >= 0.6 is 23.5 Å². The highest BCUT2D eigenvalue weighted by Gasteiger charge is 2.42. The number of thioether (sulfide) groups is 2. The quantitative estimate of drug-likeness (QED) is 0.186. The van der Waals surface area contributed by atoms with E-state index in [1.165, 1.54) is 42.8 Å². The van der Waals surface area contributed by atoms with E-state index >= 15 is 0 Å². The second-order valence-electron chi connectivity index (χ2n) is 10.7. The molecule has 1 heterocycles. The molecule has 8 heteroatoms. The molecular formula is C37H53N3O3S2. The van der Waals surface area contributed by atoms with E-state index in [4.69, 9.17) is 5.73 Å². The first-order valence-corrected chi connectivity index (χ1v) is 17.8. The van der Waals surface area contributed by atoms with E-state index in [-0.39, 0.29) is 24.3 Å². The zero-order valence-electron chi connectivity index (χ0n) is 28.0. The summed E-state index contributed by atoms with van der Waals surface area (Å²) in [7, 11) is 0. The van der Waals surface area contributed by atoms with Crippen LogP contribution < -0.4 is 11.1 Å². The van der Waals surface area contributed by atoms with Crippen LogP contribution in [0.1, 0.15) is 92.1 Å². The standard InChI is InChI=1S/C31H39N3O3S2.C4H8.C2H6/c1-5-26(17-16-24-12-8-6-9-13-24)38-23(4)31-34(19-18-21(2)29(32)36)30(37)27(39-31)20-28(35)33-22(3)25-14-10-7-11-15-25;1-3-4-2;1-2/h5-6,8-9,12-13,18-19,21-22,25,27,31H,4,7,10-11,14-15,20H2,1-3H3,(H2,32,36)(H,33,35);3H,1,4H2,2H3;1-2H3/b19-18+,26-5-;;. The van der Waals surface area contributed by atoms with Gasteiger partial charge in [0.1, 0.15) is 5.37 Å². The van der Waals surface area contributed by atoms with Gasteiger partial charge in [-0.3, -0.25) is 14.4 Å². The lowest BCUT2D eigenvalue weighted by Gasteiger charge is -2.28. The highest BCUT2D eigenvalue weighted by Crippen LogP contribution is 2.43. The number of amides is 3. The summed E-state index contributed by atoms with van der Waals surface area (Å²) in [6.07, 6.45) is 14.1. The van der Waals surface area contributed by atoms with Gasteiger partial charge in [-0.1, -0.05) is 114 Å². The summed E-state index contributed by atoms with van der Waals surface area (Å²) in [5, 5.41) is 2.17. The Labute approximate surface area is 280 Å². The molecule has 246 valence electrons. The van der Waals surface area contributed by atoms with Crippen molar-refractivity contribution >= 4 is 41.2 Å². The van der Waals surface area contributed by atoms with Gasteiger partial charge in [-0.05, 0) is 51.2 Å². The molecule has 1 saturated heterocycles. The summed E-state index contributed by atoms with van der Waals surface area (Å²) in [6, 6.07) is 9.81. The minimum atomic E-state index is -0.552. The molecule has 1 saturated carbocycles. The number of hydrogen-bond acceptors (Lipinski definition) is 5. The second kappa shape index (κ2) is 22.4. The molecule has 2 fully saturated rings. The fourth-order valence-corrected chi connectivity index (χ4v) is 6.91. The lowest BCUT2D eigenvalue weighted by molar-refractivity contribution is -0.130. The largest absolute Gasteiger partial charge is 0.369 e. The van der Waals surface area contributed by atoms with E-state index in [1.807, 2.05) is 63.3 Å². The van der Waals surface area contributed by atoms with Gasteiger partial charge >= 0.3 is 0 Å². The molecule has 0 radical (unpaired) electrons. The van der Waals surface area contributed by atoms with Crippen LogP contribution in [-0.4, -0.2) is 39.3 Å². The van der Waals surface area contributed by atoms with Crippen molar-refractivity contribution in [1.82, 2.24) is 10.2 Å². The van der Waals surface area contributed by atoms with Gasteiger partial charge in [0, 0.05) is 29.1 Å². The van der Waals surface area contributed by atoms with Crippen molar-refractivity contribution in [2.45, 2.75) is 103 Å². The topological polar surface area (TPSA) is 92.5 Å². The molecule has 0 bridgehead atoms. The van der Waals surface area contributed by atoms with Crippen LogP contribution in [0.4, 0.5) is 0 Å². The van der Waals surface area contributed by atoms with Gasteiger partial charge in [0.15, 0.2) is 0 Å². The van der Waals surface area contributed by atoms with Crippen molar-refractivity contribution in [3.8, 4) is 11.8 Å². The summed E-state index contributed by atoms with van der Waals surface area (Å²) >= 11 is 2.82. The fraction of sp³-hybridized carbons (Fsp3) is 0.486. The Morgan fingerprint density at radius 3 is 2.36 bits per heavy atom. The van der Waals surface area contributed by atoms with Crippen LogP contribution in [0.2, 0.25) is 0 Å². The number of allylic oxidation sites excluding steroid dienone is 3. The molecule has 1 aliphatic heterocycles. The molecular weight excluding hydrogens is 599 g/mol. The number of hydrogen-bond donors (Lipinski definition) is 2. The number of rotatable bonds is 11. The number of primary amides is 1. The molecule has 1 aliphatic carbocycles. The third kappa shape index (κ3) is 14.2. The maximum atomic E-state index is 13.5. The predicted molar refractivity (Wildman–Crippen MR) is 194 cm³/mol. The summed E-state index contributed by atoms with van der Waals surface area (Å²) in [4.78, 5) is 41.1. The highest BCUT2D eigenvalue weighted by molar-refractivity contribution is 8.09. The Balaban J connectivity index is 0.00000156. The maximum Gasteiger partial charge on any atom is 0.241 e. The van der Waals surface area contributed by atoms with Crippen molar-refractivity contribution in [1.29, 1.82) is 0 Å². The van der Waals surface area contributed by atoms with Crippen LogP contribution in [0.5, 0.6) is 0 Å². The van der Waals surface area contributed by atoms with Crippen LogP contribution in [-0.2, 0) is 14.4 Å². The van der Waals surface area contributed by atoms with Gasteiger partial charge < -0.3 is 16.0 Å². The summed E-state index contributed by atoms with van der Waals surface area (Å²) in [6.45, 7) is 19.5. The number of nitrogens with one attached hydrogen (secondary N) is 1. The third-order valence-electron chi connectivity index (χ3n) is 7.35. The molecule has 45 heavy (non-hydrogen) atoms. The SMILES string of the molecule is C=C(S/C(C#Cc1ccccc1)=C\C)C1SC(CC(=O)NC(C)C2CCCCC2)C(=O)N1/C=C/C(C)C(N)=O.C=CCC.CC. The van der Waals surface area contributed by atoms with Crippen molar-refractivity contribution in [2.75, 3.05) is 0 Å². The number of benzene rings is 1. The summed E-state index contributed by atoms with van der Waals surface area (Å²) in [5.74, 6) is 5.52. The Hall–Kier alpha value is -3.15. The zero-order valence-corrected chi connectivity index (χ0v) is 29.6. The predicted octanol–water partition coefficient (Wildman–Crippen LogP) is 8.18. The average Bonchev–Trinajstić information content (AvgIpc) is 3.37. The van der Waals surface area contributed by atoms with Gasteiger partial charge in [-0.15, -0.1) is 18.3 Å². The van der Waals surface area contributed by atoms with Gasteiger partial charge in [0.25, 0.3) is 0 Å². The minimum Gasteiger partial charge on any atom is -0.369 e. The van der Waals surface area contributed by atoms with Gasteiger partial charge in [-0.25, -0.2) is 0 Å². The van der Waals surface area contributed by atoms with E-state index in [0.29, 0.717) is 5.92 Å². The second-order valence-corrected chi connectivity index (χ2v) is 13.2. The Kier molecular flexibility index (Phi) is 19.8. The van der Waals surface area contributed by atoms with E-state index in [0.717, 1.165) is 34.6 Å². The number of nitrogens with zero attached hydrogens (tertiary/aromatic N) is 1. The molecule has 1 aromatic carbocycles. The monoisotopic (exact) mass is 651 g/mol. The maximum absolute atomic E-state index is 13.5. The Bertz CT molecular complexity index is 1230. The van der Waals surface area contributed by atoms with Crippen molar-refractivity contribution < 1.29 is 14.4 Å². The molecule has 0 spiro atoms. The Morgan fingerprint density at radius 2 is 1.80 bits per heavy atom. The molecule has 3 rings (SSSR count). The summed E-state index contributed by atoms with van der Waals surface area (Å²) < 4.78 is 0. The molecule has 4 atom stereocenters. The number of nitrogens with two attached hydrogens (primary N) is 1. The van der Waals surface area contributed by atoms with Crippen LogP contribution in [0.3, 0.4) is 0 Å². The van der Waals surface area contributed by atoms with Gasteiger partial charge in [0.05, 0.1) is 16.1 Å². The Morgan fingerprint density at radius 1 is 1.18 bits per heavy atom. The first-order chi connectivity index (χ1) is 21.6. The molecule has 6 nitrogen and oxygen atoms in total. The molecule has 0 aromatic heterocycles. The first-order valence-electron chi connectivity index (χ1n) is 16.1. The van der Waals surface area contributed by atoms with Crippen LogP contribution in [0.25, 0.3) is 0 Å². The zero-order chi connectivity index (χ0) is 33.8. The van der Waals surface area contributed by atoms with Crippen LogP contribution in [0.15, 0.2) is 77.7 Å². The third-order valence-corrected chi connectivity index (χ3v) is 10.0. The molecule has 1 aromatic rings. The smallest absolute Gasteiger partial charge is 0.241 e. The lowest BCUT2D eigenvalue weighted by Crippen LogP contribution is -2.40. The molecule has 3 amide bonds. The number of carbonyl (C=O) groups excluding carboxylic acids is 3. The summed E-state index contributed by atoms with van der Waals surface area (Å²) in [5.41, 5.74) is 6.33. The van der Waals surface area contributed by atoms with E-state index in [1.54, 1.807) is 24.1 Å². The molecule has 3 N–H and O–H groups in total. The van der Waals surface area contributed by atoms with Crippen molar-refractivity contribution in [3.05, 3.63) is 83.3 Å². The minimum absolute atomic E-state index is 0.0912. The average molecular weight is 652 g/mol. The van der Waals surface area contributed by atoms with Crippen molar-refractivity contribution in [3.63, 3.8) is 0 Å². The number of carbonyl (C=O) groups is 3. The van der Waals surface area contributed by atoms with E-state index < -0.39 is 22.4 Å². The van der Waals surface area contributed by atoms with Gasteiger partial charge in [0.2, 0.25) is 17.7 Å². The van der Waals surface area contributed by atoms with E-state index in [2.05, 4.69) is 44.2 Å². The normalized spacial score (nSPS) is 19.6. The molecule has 4 unspecified atom stereocenters. The first kappa shape index (κ1) is 39.9. The van der Waals surface area contributed by atoms with Gasteiger partial charge in [-0.2, -0.15) is 0 Å². The van der Waals surface area contributed by atoms with E-state index in [9.17, 15) is 14.4 Å². The lowest BCUT2D eigenvalue weighted by atomic mass is 9.84. The fourth-order valence-electron chi connectivity index (χ4n) is 4.63. The highest BCUT2D eigenvalue weighted by atomic mass is 32.2. The molecule has 2 aliphatic rings. The van der Waals surface area contributed by atoms with Crippen molar-refractivity contribution in [2.24, 2.45) is 17.6 Å². The van der Waals surface area contributed by atoms with Crippen LogP contribution in [0, 0.1) is 23.7 Å².